The lowest BCUT2D eigenvalue weighted by atomic mass is 10.1. The zero-order valence-corrected chi connectivity index (χ0v) is 15.5. The van der Waals surface area contributed by atoms with Gasteiger partial charge in [0.25, 0.3) is 5.91 Å². The molecule has 1 aliphatic heterocycles. The topological polar surface area (TPSA) is 75.7 Å². The summed E-state index contributed by atoms with van der Waals surface area (Å²) in [5.41, 5.74) is 1.89. The summed E-state index contributed by atoms with van der Waals surface area (Å²) >= 11 is 0. The van der Waals surface area contributed by atoms with Crippen LogP contribution in [0.1, 0.15) is 18.9 Å². The Balaban J connectivity index is 1.51. The third-order valence-electron chi connectivity index (χ3n) is 4.59. The van der Waals surface area contributed by atoms with Gasteiger partial charge in [-0.3, -0.25) is 14.4 Å². The zero-order valence-electron chi connectivity index (χ0n) is 15.5. The van der Waals surface area contributed by atoms with Crippen LogP contribution in [-0.2, 0) is 25.5 Å². The summed E-state index contributed by atoms with van der Waals surface area (Å²) < 4.78 is 18.9. The smallest absolute Gasteiger partial charge is 0.311 e. The summed E-state index contributed by atoms with van der Waals surface area (Å²) in [6.45, 7) is 1.62. The van der Waals surface area contributed by atoms with E-state index in [-0.39, 0.29) is 24.6 Å². The number of anilines is 2. The number of carbonyl (C=O) groups excluding carboxylic acids is 3. The number of rotatable bonds is 6. The van der Waals surface area contributed by atoms with Crippen molar-refractivity contribution in [1.29, 1.82) is 0 Å². The number of hydrogen-bond donors (Lipinski definition) is 1. The van der Waals surface area contributed by atoms with Crippen LogP contribution in [0.3, 0.4) is 0 Å². The van der Waals surface area contributed by atoms with Gasteiger partial charge in [0, 0.05) is 18.7 Å². The molecule has 146 valence electrons. The second-order valence-electron chi connectivity index (χ2n) is 6.56. The third kappa shape index (κ3) is 4.54. The molecule has 0 aliphatic carbocycles. The summed E-state index contributed by atoms with van der Waals surface area (Å²) in [4.78, 5) is 37.6. The lowest BCUT2D eigenvalue weighted by Crippen LogP contribution is -2.28. The summed E-state index contributed by atoms with van der Waals surface area (Å²) in [5, 5.41) is 2.65. The minimum Gasteiger partial charge on any atom is -0.455 e. The number of nitrogens with one attached hydrogen (secondary N) is 1. The van der Waals surface area contributed by atoms with Gasteiger partial charge in [-0.05, 0) is 36.2 Å². The molecule has 6 nitrogen and oxygen atoms in total. The molecule has 7 heteroatoms. The first kappa shape index (κ1) is 19.5. The minimum atomic E-state index is -0.733. The molecule has 2 aromatic rings. The number of amides is 2. The summed E-state index contributed by atoms with van der Waals surface area (Å²) in [6.07, 6.45) is 0.823. The number of para-hydroxylation sites is 1. The lowest BCUT2D eigenvalue weighted by Gasteiger charge is -2.17. The van der Waals surface area contributed by atoms with E-state index in [0.717, 1.165) is 12.0 Å². The van der Waals surface area contributed by atoms with Crippen LogP contribution in [0, 0.1) is 11.7 Å². The van der Waals surface area contributed by atoms with E-state index in [2.05, 4.69) is 5.32 Å². The van der Waals surface area contributed by atoms with Crippen molar-refractivity contribution in [1.82, 2.24) is 0 Å². The molecule has 0 saturated carbocycles. The van der Waals surface area contributed by atoms with Gasteiger partial charge in [0.2, 0.25) is 5.91 Å². The molecule has 1 aliphatic rings. The van der Waals surface area contributed by atoms with Crippen LogP contribution in [0.5, 0.6) is 0 Å². The Morgan fingerprint density at radius 3 is 2.57 bits per heavy atom. The highest BCUT2D eigenvalue weighted by atomic mass is 19.1. The Labute approximate surface area is 162 Å². The molecule has 0 aromatic heterocycles. The van der Waals surface area contributed by atoms with E-state index in [0.29, 0.717) is 5.69 Å². The van der Waals surface area contributed by atoms with E-state index in [4.69, 9.17) is 4.74 Å². The fourth-order valence-electron chi connectivity index (χ4n) is 3.04. The average molecular weight is 384 g/mol. The molecule has 2 amide bonds. The highest BCUT2D eigenvalue weighted by Crippen LogP contribution is 2.27. The monoisotopic (exact) mass is 384 g/mol. The van der Waals surface area contributed by atoms with Crippen molar-refractivity contribution in [2.24, 2.45) is 5.92 Å². The number of benzene rings is 2. The molecule has 1 fully saturated rings. The minimum absolute atomic E-state index is 0.0265. The number of halogens is 1. The van der Waals surface area contributed by atoms with Crippen molar-refractivity contribution < 1.29 is 23.5 Å². The molecular weight excluding hydrogens is 363 g/mol. The van der Waals surface area contributed by atoms with Crippen molar-refractivity contribution in [3.05, 3.63) is 59.9 Å². The van der Waals surface area contributed by atoms with Crippen molar-refractivity contribution in [3.63, 3.8) is 0 Å². The molecule has 1 saturated heterocycles. The number of hydrogen-bond acceptors (Lipinski definition) is 4. The molecule has 1 unspecified atom stereocenters. The third-order valence-corrected chi connectivity index (χ3v) is 4.59. The largest absolute Gasteiger partial charge is 0.455 e. The van der Waals surface area contributed by atoms with E-state index < -0.39 is 30.2 Å². The highest BCUT2D eigenvalue weighted by Gasteiger charge is 2.37. The van der Waals surface area contributed by atoms with E-state index in [1.807, 2.05) is 19.1 Å². The molecule has 0 radical (unpaired) electrons. The number of carbonyl (C=O) groups is 3. The van der Waals surface area contributed by atoms with E-state index in [1.54, 1.807) is 18.2 Å². The van der Waals surface area contributed by atoms with Crippen LogP contribution < -0.4 is 10.2 Å². The van der Waals surface area contributed by atoms with Crippen LogP contribution >= 0.6 is 0 Å². The van der Waals surface area contributed by atoms with Crippen molar-refractivity contribution in [3.8, 4) is 0 Å². The van der Waals surface area contributed by atoms with Crippen LogP contribution in [0.2, 0.25) is 0 Å². The fraction of sp³-hybridized carbons (Fsp3) is 0.286. The molecule has 1 heterocycles. The lowest BCUT2D eigenvalue weighted by molar-refractivity contribution is -0.151. The van der Waals surface area contributed by atoms with E-state index in [9.17, 15) is 18.8 Å². The molecule has 3 rings (SSSR count). The van der Waals surface area contributed by atoms with Gasteiger partial charge in [-0.2, -0.15) is 0 Å². The number of esters is 1. The first-order valence-corrected chi connectivity index (χ1v) is 9.08. The Kier molecular flexibility index (Phi) is 6.03. The van der Waals surface area contributed by atoms with Gasteiger partial charge in [0.05, 0.1) is 11.6 Å². The van der Waals surface area contributed by atoms with Gasteiger partial charge >= 0.3 is 5.97 Å². The predicted molar refractivity (Wildman–Crippen MR) is 102 cm³/mol. The molecule has 28 heavy (non-hydrogen) atoms. The van der Waals surface area contributed by atoms with Gasteiger partial charge in [0.1, 0.15) is 5.82 Å². The second kappa shape index (κ2) is 8.65. The summed E-state index contributed by atoms with van der Waals surface area (Å²) in [5.74, 6) is -2.73. The normalized spacial score (nSPS) is 16.1. The molecule has 0 spiro atoms. The number of nitrogens with zero attached hydrogens (tertiary/aromatic N) is 1. The molecular formula is C21H21FN2O4. The van der Waals surface area contributed by atoms with Crippen molar-refractivity contribution in [2.75, 3.05) is 23.4 Å². The van der Waals surface area contributed by atoms with Crippen LogP contribution in [0.25, 0.3) is 0 Å². The molecule has 1 atom stereocenters. The number of aryl methyl sites for hydroxylation is 1. The van der Waals surface area contributed by atoms with Crippen molar-refractivity contribution >= 4 is 29.2 Å². The Morgan fingerprint density at radius 1 is 1.18 bits per heavy atom. The van der Waals surface area contributed by atoms with Gasteiger partial charge in [0.15, 0.2) is 6.61 Å². The highest BCUT2D eigenvalue weighted by molar-refractivity contribution is 6.00. The predicted octanol–water partition coefficient (Wildman–Crippen LogP) is 2.92. The maximum atomic E-state index is 13.9. The molecule has 0 bridgehead atoms. The Hall–Kier alpha value is -3.22. The van der Waals surface area contributed by atoms with Crippen LogP contribution in [-0.4, -0.2) is 30.9 Å². The first-order chi connectivity index (χ1) is 13.5. The van der Waals surface area contributed by atoms with Gasteiger partial charge in [-0.1, -0.05) is 31.2 Å². The maximum absolute atomic E-state index is 13.9. The standard InChI is InChI=1S/C21H21FN2O4/c1-2-14-7-9-16(10-8-14)23-19(25)13-28-21(27)15-11-20(26)24(12-15)18-6-4-3-5-17(18)22/h3-10,15H,2,11-13H2,1H3,(H,23,25). The van der Waals surface area contributed by atoms with E-state index >= 15 is 0 Å². The Morgan fingerprint density at radius 2 is 1.89 bits per heavy atom. The second-order valence-corrected chi connectivity index (χ2v) is 6.56. The summed E-state index contributed by atoms with van der Waals surface area (Å²) in [7, 11) is 0. The van der Waals surface area contributed by atoms with Gasteiger partial charge in [-0.25, -0.2) is 4.39 Å². The molecule has 2 aromatic carbocycles. The maximum Gasteiger partial charge on any atom is 0.311 e. The van der Waals surface area contributed by atoms with Gasteiger partial charge < -0.3 is 15.0 Å². The SMILES string of the molecule is CCc1ccc(NC(=O)COC(=O)C2CC(=O)N(c3ccccc3F)C2)cc1. The first-order valence-electron chi connectivity index (χ1n) is 9.08. The fourth-order valence-corrected chi connectivity index (χ4v) is 3.04. The Bertz CT molecular complexity index is 882. The van der Waals surface area contributed by atoms with Gasteiger partial charge in [-0.15, -0.1) is 0 Å². The van der Waals surface area contributed by atoms with Crippen LogP contribution in [0.4, 0.5) is 15.8 Å². The van der Waals surface area contributed by atoms with Crippen molar-refractivity contribution in [2.45, 2.75) is 19.8 Å². The van der Waals surface area contributed by atoms with E-state index in [1.165, 1.54) is 23.1 Å². The average Bonchev–Trinajstić information content (AvgIpc) is 3.08. The molecule has 1 N–H and O–H groups in total. The van der Waals surface area contributed by atoms with Crippen LogP contribution in [0.15, 0.2) is 48.5 Å². The summed E-state index contributed by atoms with van der Waals surface area (Å²) in [6, 6.07) is 13.3. The number of ether oxygens (including phenoxy) is 1. The quantitative estimate of drug-likeness (QED) is 0.777. The zero-order chi connectivity index (χ0) is 20.1.